The monoisotopic (exact) mass is 353 g/mol. The van der Waals surface area contributed by atoms with Gasteiger partial charge in [-0.3, -0.25) is 14.2 Å². The van der Waals surface area contributed by atoms with Crippen molar-refractivity contribution >= 4 is 33.6 Å². The molecule has 0 spiro atoms. The van der Waals surface area contributed by atoms with Crippen LogP contribution < -0.4 is 16.6 Å². The van der Waals surface area contributed by atoms with E-state index >= 15 is 0 Å². The fourth-order valence-electron chi connectivity index (χ4n) is 2.74. The smallest absolute Gasteiger partial charge is 0.408 e. The molecule has 130 valence electrons. The number of hydrogen-bond donors (Lipinski definition) is 2. The van der Waals surface area contributed by atoms with E-state index in [4.69, 9.17) is 4.42 Å². The molecule has 1 amide bonds. The summed E-state index contributed by atoms with van der Waals surface area (Å²) < 4.78 is 19.6. The summed E-state index contributed by atoms with van der Waals surface area (Å²) in [6.07, 6.45) is 0. The molecule has 0 fully saturated rings. The second-order valence-corrected chi connectivity index (χ2v) is 5.81. The van der Waals surface area contributed by atoms with Gasteiger partial charge in [0.05, 0.1) is 11.0 Å². The number of carbonyl (C=O) groups is 1. The van der Waals surface area contributed by atoms with Crippen LogP contribution in [0, 0.1) is 5.82 Å². The van der Waals surface area contributed by atoms with E-state index < -0.39 is 23.0 Å². The Labute approximate surface area is 144 Å². The number of amides is 1. The summed E-state index contributed by atoms with van der Waals surface area (Å²) in [6.45, 7) is 0. The lowest BCUT2D eigenvalue weighted by Gasteiger charge is -2.06. The fourth-order valence-corrected chi connectivity index (χ4v) is 2.74. The first-order valence-corrected chi connectivity index (χ1v) is 7.66. The van der Waals surface area contributed by atoms with E-state index in [-0.39, 0.29) is 5.56 Å². The van der Waals surface area contributed by atoms with Crippen molar-refractivity contribution in [2.75, 3.05) is 5.32 Å². The average Bonchev–Trinajstić information content (AvgIpc) is 2.88. The van der Waals surface area contributed by atoms with Crippen LogP contribution in [0.3, 0.4) is 0 Å². The maximum Gasteiger partial charge on any atom is 0.419 e. The molecule has 2 aromatic heterocycles. The zero-order valence-electron chi connectivity index (χ0n) is 13.5. The second-order valence-electron chi connectivity index (χ2n) is 5.81. The Balaban J connectivity index is 1.72. The van der Waals surface area contributed by atoms with E-state index in [1.807, 2.05) is 0 Å². The third-order valence-corrected chi connectivity index (χ3v) is 4.10. The Morgan fingerprint density at radius 2 is 1.96 bits per heavy atom. The van der Waals surface area contributed by atoms with Gasteiger partial charge in [0.25, 0.3) is 11.5 Å². The van der Waals surface area contributed by atoms with Crippen LogP contribution in [0.4, 0.5) is 10.1 Å². The fraction of sp³-hybridized carbons (Fsp3) is 0.0556. The van der Waals surface area contributed by atoms with Crippen LogP contribution in [0.15, 0.2) is 56.5 Å². The summed E-state index contributed by atoms with van der Waals surface area (Å²) >= 11 is 0. The molecule has 0 bridgehead atoms. The van der Waals surface area contributed by atoms with Crippen LogP contribution in [0.25, 0.3) is 22.0 Å². The zero-order valence-corrected chi connectivity index (χ0v) is 13.5. The molecule has 4 aromatic rings. The van der Waals surface area contributed by atoms with Crippen LogP contribution in [0.2, 0.25) is 0 Å². The molecule has 0 unspecified atom stereocenters. The summed E-state index contributed by atoms with van der Waals surface area (Å²) in [5.41, 5.74) is 0.873. The van der Waals surface area contributed by atoms with Crippen molar-refractivity contribution in [1.29, 1.82) is 0 Å². The summed E-state index contributed by atoms with van der Waals surface area (Å²) in [5, 5.41) is 3.15. The van der Waals surface area contributed by atoms with E-state index in [9.17, 15) is 18.8 Å². The highest BCUT2D eigenvalue weighted by Crippen LogP contribution is 2.19. The maximum atomic E-state index is 13.2. The van der Waals surface area contributed by atoms with Crippen LogP contribution in [-0.2, 0) is 7.05 Å². The molecule has 2 aromatic carbocycles. The predicted octanol–water partition coefficient (Wildman–Crippen LogP) is 2.36. The Morgan fingerprint density at radius 3 is 2.77 bits per heavy atom. The van der Waals surface area contributed by atoms with E-state index in [1.54, 1.807) is 25.2 Å². The van der Waals surface area contributed by atoms with Gasteiger partial charge in [0.15, 0.2) is 5.58 Å². The first-order chi connectivity index (χ1) is 12.4. The van der Waals surface area contributed by atoms with Crippen molar-refractivity contribution in [3.63, 3.8) is 0 Å². The van der Waals surface area contributed by atoms with Gasteiger partial charge in [-0.25, -0.2) is 9.18 Å². The number of aromatic nitrogens is 2. The van der Waals surface area contributed by atoms with Gasteiger partial charge < -0.3 is 14.7 Å². The number of rotatable bonds is 2. The second kappa shape index (κ2) is 5.69. The van der Waals surface area contributed by atoms with Crippen molar-refractivity contribution in [2.24, 2.45) is 7.05 Å². The zero-order chi connectivity index (χ0) is 18.4. The molecule has 2 heterocycles. The number of oxazole rings is 1. The van der Waals surface area contributed by atoms with Crippen LogP contribution in [0.5, 0.6) is 0 Å². The van der Waals surface area contributed by atoms with Crippen LogP contribution in [-0.4, -0.2) is 15.5 Å². The van der Waals surface area contributed by atoms with Crippen molar-refractivity contribution in [2.45, 2.75) is 0 Å². The molecular formula is C18H12FN3O4. The Kier molecular flexibility index (Phi) is 3.47. The molecule has 0 atom stereocenters. The molecular weight excluding hydrogens is 341 g/mol. The van der Waals surface area contributed by atoms with Gasteiger partial charge in [0.2, 0.25) is 0 Å². The van der Waals surface area contributed by atoms with Gasteiger partial charge in [-0.15, -0.1) is 0 Å². The summed E-state index contributed by atoms with van der Waals surface area (Å²) in [5.74, 6) is -1.61. The van der Waals surface area contributed by atoms with E-state index in [1.165, 1.54) is 28.8 Å². The highest BCUT2D eigenvalue weighted by Gasteiger charge is 2.14. The normalized spacial score (nSPS) is 11.2. The first kappa shape index (κ1) is 15.8. The number of benzene rings is 2. The lowest BCUT2D eigenvalue weighted by Crippen LogP contribution is -2.23. The van der Waals surface area contributed by atoms with Gasteiger partial charge in [-0.1, -0.05) is 0 Å². The van der Waals surface area contributed by atoms with Gasteiger partial charge in [-0.05, 0) is 47.9 Å². The molecule has 0 aliphatic heterocycles. The Morgan fingerprint density at radius 1 is 1.15 bits per heavy atom. The van der Waals surface area contributed by atoms with Gasteiger partial charge in [0.1, 0.15) is 11.4 Å². The molecule has 7 nitrogen and oxygen atoms in total. The number of anilines is 1. The standard InChI is InChI=1S/C18H12FN3O4/c1-22-14-8-11(4-5-15(14)26-18(22)25)20-16(23)12-6-9-2-3-10(19)7-13(9)21-17(12)24/h2-8H,1H3,(H,20,23)(H,21,24). The lowest BCUT2D eigenvalue weighted by atomic mass is 10.1. The van der Waals surface area contributed by atoms with E-state index in [0.717, 1.165) is 0 Å². The predicted molar refractivity (Wildman–Crippen MR) is 93.9 cm³/mol. The summed E-state index contributed by atoms with van der Waals surface area (Å²) in [6, 6.07) is 10.00. The van der Waals surface area contributed by atoms with Gasteiger partial charge >= 0.3 is 5.76 Å². The Hall–Kier alpha value is -3.68. The molecule has 0 saturated heterocycles. The van der Waals surface area contributed by atoms with Crippen molar-refractivity contribution in [1.82, 2.24) is 9.55 Å². The largest absolute Gasteiger partial charge is 0.419 e. The molecule has 2 N–H and O–H groups in total. The molecule has 0 aliphatic rings. The molecule has 0 radical (unpaired) electrons. The summed E-state index contributed by atoms with van der Waals surface area (Å²) in [7, 11) is 1.55. The van der Waals surface area contributed by atoms with Crippen molar-refractivity contribution in [3.8, 4) is 0 Å². The SMILES string of the molecule is Cn1c(=O)oc2ccc(NC(=O)c3cc4ccc(F)cc4[nH]c3=O)cc21. The number of H-pyrrole nitrogens is 1. The van der Waals surface area contributed by atoms with E-state index in [0.29, 0.717) is 27.7 Å². The quantitative estimate of drug-likeness (QED) is 0.578. The number of fused-ring (bicyclic) bond motifs is 2. The van der Waals surface area contributed by atoms with Crippen LogP contribution in [0.1, 0.15) is 10.4 Å². The number of aryl methyl sites for hydroxylation is 1. The number of halogens is 1. The topological polar surface area (TPSA) is 97.1 Å². The molecule has 4 rings (SSSR count). The lowest BCUT2D eigenvalue weighted by molar-refractivity contribution is 0.102. The minimum absolute atomic E-state index is 0.106. The van der Waals surface area contributed by atoms with Gasteiger partial charge in [-0.2, -0.15) is 0 Å². The van der Waals surface area contributed by atoms with Crippen LogP contribution >= 0.6 is 0 Å². The summed E-state index contributed by atoms with van der Waals surface area (Å²) in [4.78, 5) is 38.6. The number of aromatic amines is 1. The van der Waals surface area contributed by atoms with Crippen molar-refractivity contribution in [3.05, 3.63) is 74.7 Å². The number of carbonyl (C=O) groups excluding carboxylic acids is 1. The molecule has 0 saturated carbocycles. The molecule has 8 heteroatoms. The molecule has 26 heavy (non-hydrogen) atoms. The first-order valence-electron chi connectivity index (χ1n) is 7.66. The average molecular weight is 353 g/mol. The molecule has 0 aliphatic carbocycles. The Bertz CT molecular complexity index is 1300. The minimum atomic E-state index is -0.627. The number of pyridine rings is 1. The third-order valence-electron chi connectivity index (χ3n) is 4.10. The maximum absolute atomic E-state index is 13.2. The third kappa shape index (κ3) is 2.57. The number of hydrogen-bond acceptors (Lipinski definition) is 4. The van der Waals surface area contributed by atoms with E-state index in [2.05, 4.69) is 10.3 Å². The highest BCUT2D eigenvalue weighted by molar-refractivity contribution is 6.06. The minimum Gasteiger partial charge on any atom is -0.408 e. The number of nitrogens with one attached hydrogen (secondary N) is 2. The van der Waals surface area contributed by atoms with Crippen molar-refractivity contribution < 1.29 is 13.6 Å². The number of nitrogens with zero attached hydrogens (tertiary/aromatic N) is 1. The highest BCUT2D eigenvalue weighted by atomic mass is 19.1. The van der Waals surface area contributed by atoms with Gasteiger partial charge in [0, 0.05) is 12.7 Å².